The Kier molecular flexibility index (Phi) is 7.55. The second-order valence-corrected chi connectivity index (χ2v) is 7.34. The molecule has 0 saturated heterocycles. The molecule has 1 aliphatic carbocycles. The van der Waals surface area contributed by atoms with Crippen molar-refractivity contribution in [2.24, 2.45) is 5.92 Å². The fraction of sp³-hybridized carbons (Fsp3) is 0.833. The molecule has 0 radical (unpaired) electrons. The van der Waals surface area contributed by atoms with E-state index in [0.717, 1.165) is 18.4 Å². The number of rotatable bonds is 6. The standard InChI is InChI=1S/C18H33NO4/c1-7-14(8-2)22-16-10-13(11-20)9-15(12(16)3)19-17(21)23-18(4,5)6/h10,12,14-16,20H,7-9,11H2,1-6H3,(H,19,21)/t12-,15+,16-/m1/s1. The number of carbonyl (C=O) groups is 1. The first-order chi connectivity index (χ1) is 10.7. The highest BCUT2D eigenvalue weighted by molar-refractivity contribution is 5.68. The van der Waals surface area contributed by atoms with E-state index in [2.05, 4.69) is 26.1 Å². The number of ether oxygens (including phenoxy) is 2. The van der Waals surface area contributed by atoms with Crippen LogP contribution in [0.5, 0.6) is 0 Å². The van der Waals surface area contributed by atoms with Crippen molar-refractivity contribution >= 4 is 6.09 Å². The average Bonchev–Trinajstić information content (AvgIpc) is 2.46. The van der Waals surface area contributed by atoms with E-state index in [1.165, 1.54) is 0 Å². The maximum atomic E-state index is 12.1. The molecule has 0 aromatic rings. The van der Waals surface area contributed by atoms with Gasteiger partial charge >= 0.3 is 6.09 Å². The van der Waals surface area contributed by atoms with Crippen molar-refractivity contribution in [1.29, 1.82) is 0 Å². The molecule has 3 atom stereocenters. The number of carbonyl (C=O) groups excluding carboxylic acids is 1. The van der Waals surface area contributed by atoms with Crippen molar-refractivity contribution in [3.63, 3.8) is 0 Å². The maximum Gasteiger partial charge on any atom is 0.407 e. The lowest BCUT2D eigenvalue weighted by Gasteiger charge is -2.37. The van der Waals surface area contributed by atoms with Crippen molar-refractivity contribution in [2.75, 3.05) is 6.61 Å². The molecule has 0 saturated carbocycles. The van der Waals surface area contributed by atoms with E-state index in [4.69, 9.17) is 9.47 Å². The third-order valence-electron chi connectivity index (χ3n) is 4.20. The van der Waals surface area contributed by atoms with Gasteiger partial charge < -0.3 is 19.9 Å². The Bertz CT molecular complexity index is 410. The van der Waals surface area contributed by atoms with Gasteiger partial charge in [0.05, 0.1) is 18.8 Å². The summed E-state index contributed by atoms with van der Waals surface area (Å²) in [6, 6.07) is -0.101. The van der Waals surface area contributed by atoms with Crippen molar-refractivity contribution in [3.05, 3.63) is 11.6 Å². The Morgan fingerprint density at radius 2 is 2.00 bits per heavy atom. The van der Waals surface area contributed by atoms with Crippen LogP contribution in [0.1, 0.15) is 60.8 Å². The minimum absolute atomic E-state index is 0.0119. The lowest BCUT2D eigenvalue weighted by atomic mass is 9.84. The molecular formula is C18H33NO4. The normalized spacial score (nSPS) is 25.2. The molecule has 1 rings (SSSR count). The van der Waals surface area contributed by atoms with Crippen LogP contribution in [-0.4, -0.2) is 41.7 Å². The number of hydrogen-bond acceptors (Lipinski definition) is 4. The van der Waals surface area contributed by atoms with Gasteiger partial charge in [-0.3, -0.25) is 0 Å². The first kappa shape index (κ1) is 20.0. The van der Waals surface area contributed by atoms with Gasteiger partial charge in [-0.2, -0.15) is 0 Å². The molecule has 0 aromatic carbocycles. The van der Waals surface area contributed by atoms with Crippen molar-refractivity contribution in [3.8, 4) is 0 Å². The third kappa shape index (κ3) is 6.51. The summed E-state index contributed by atoms with van der Waals surface area (Å²) in [5.41, 5.74) is 0.378. The van der Waals surface area contributed by atoms with E-state index in [1.807, 2.05) is 26.8 Å². The molecule has 5 heteroatoms. The lowest BCUT2D eigenvalue weighted by Crippen LogP contribution is -2.48. The highest BCUT2D eigenvalue weighted by atomic mass is 16.6. The fourth-order valence-corrected chi connectivity index (χ4v) is 2.77. The highest BCUT2D eigenvalue weighted by Gasteiger charge is 2.33. The van der Waals surface area contributed by atoms with E-state index in [9.17, 15) is 9.90 Å². The molecule has 2 N–H and O–H groups in total. The Labute approximate surface area is 140 Å². The van der Waals surface area contributed by atoms with Gasteiger partial charge in [0.2, 0.25) is 0 Å². The zero-order valence-electron chi connectivity index (χ0n) is 15.4. The van der Waals surface area contributed by atoms with Crippen LogP contribution in [0.15, 0.2) is 11.6 Å². The zero-order valence-corrected chi connectivity index (χ0v) is 15.4. The summed E-state index contributed by atoms with van der Waals surface area (Å²) in [6.45, 7) is 11.8. The van der Waals surface area contributed by atoms with Crippen LogP contribution in [0.3, 0.4) is 0 Å². The lowest BCUT2D eigenvalue weighted by molar-refractivity contribution is -0.0296. The summed E-state index contributed by atoms with van der Waals surface area (Å²) in [6.07, 6.45) is 4.21. The Hall–Kier alpha value is -1.07. The number of aliphatic hydroxyl groups is 1. The summed E-state index contributed by atoms with van der Waals surface area (Å²) < 4.78 is 11.5. The van der Waals surface area contributed by atoms with Crippen molar-refractivity contribution in [2.45, 2.75) is 84.7 Å². The number of hydrogen-bond donors (Lipinski definition) is 2. The molecular weight excluding hydrogens is 294 g/mol. The third-order valence-corrected chi connectivity index (χ3v) is 4.20. The van der Waals surface area contributed by atoms with E-state index >= 15 is 0 Å². The monoisotopic (exact) mass is 327 g/mol. The van der Waals surface area contributed by atoms with Gasteiger partial charge in [-0.25, -0.2) is 4.79 Å². The number of amides is 1. The van der Waals surface area contributed by atoms with Crippen LogP contribution < -0.4 is 5.32 Å². The molecule has 1 aliphatic rings. The van der Waals surface area contributed by atoms with Crippen LogP contribution in [-0.2, 0) is 9.47 Å². The number of aliphatic hydroxyl groups excluding tert-OH is 1. The van der Waals surface area contributed by atoms with Gasteiger partial charge in [0, 0.05) is 12.0 Å². The van der Waals surface area contributed by atoms with Crippen molar-refractivity contribution < 1.29 is 19.4 Å². The number of nitrogens with one attached hydrogen (secondary N) is 1. The second kappa shape index (κ2) is 8.69. The summed E-state index contributed by atoms with van der Waals surface area (Å²) in [5.74, 6) is 0.124. The minimum atomic E-state index is -0.525. The van der Waals surface area contributed by atoms with Gasteiger partial charge in [0.25, 0.3) is 0 Å². The largest absolute Gasteiger partial charge is 0.444 e. The Balaban J connectivity index is 2.78. The summed E-state index contributed by atoms with van der Waals surface area (Å²) in [7, 11) is 0. The SMILES string of the molecule is CCC(CC)O[C@@H]1C=C(CO)C[C@H](NC(=O)OC(C)(C)C)[C@H]1C. The molecule has 0 spiro atoms. The van der Waals surface area contributed by atoms with E-state index in [0.29, 0.717) is 6.42 Å². The molecule has 134 valence electrons. The fourth-order valence-electron chi connectivity index (χ4n) is 2.77. The van der Waals surface area contributed by atoms with Crippen LogP contribution in [0.2, 0.25) is 0 Å². The van der Waals surface area contributed by atoms with Crippen molar-refractivity contribution in [1.82, 2.24) is 5.32 Å². The zero-order chi connectivity index (χ0) is 17.6. The van der Waals surface area contributed by atoms with Gasteiger partial charge in [0.15, 0.2) is 0 Å². The second-order valence-electron chi connectivity index (χ2n) is 7.34. The molecule has 0 unspecified atom stereocenters. The molecule has 0 aliphatic heterocycles. The van der Waals surface area contributed by atoms with Gasteiger partial charge in [0.1, 0.15) is 5.60 Å². The number of alkyl carbamates (subject to hydrolysis) is 1. The van der Waals surface area contributed by atoms with Crippen LogP contribution in [0.25, 0.3) is 0 Å². The summed E-state index contributed by atoms with van der Waals surface area (Å²) >= 11 is 0. The minimum Gasteiger partial charge on any atom is -0.444 e. The van der Waals surface area contributed by atoms with E-state index < -0.39 is 11.7 Å². The van der Waals surface area contributed by atoms with E-state index in [-0.39, 0.29) is 30.8 Å². The topological polar surface area (TPSA) is 67.8 Å². The first-order valence-corrected chi connectivity index (χ1v) is 8.65. The van der Waals surface area contributed by atoms with Crippen LogP contribution in [0.4, 0.5) is 4.79 Å². The molecule has 0 heterocycles. The Morgan fingerprint density at radius 1 is 1.39 bits per heavy atom. The van der Waals surface area contributed by atoms with Gasteiger partial charge in [-0.1, -0.05) is 26.8 Å². The maximum absolute atomic E-state index is 12.1. The quantitative estimate of drug-likeness (QED) is 0.734. The molecule has 1 amide bonds. The predicted octanol–water partition coefficient (Wildman–Crippen LogP) is 3.41. The molecule has 0 fully saturated rings. The van der Waals surface area contributed by atoms with Gasteiger partial charge in [-0.05, 0) is 45.6 Å². The van der Waals surface area contributed by atoms with Gasteiger partial charge in [-0.15, -0.1) is 0 Å². The molecule has 0 bridgehead atoms. The summed E-state index contributed by atoms with van der Waals surface area (Å²) in [5, 5.41) is 12.4. The molecule has 5 nitrogen and oxygen atoms in total. The van der Waals surface area contributed by atoms with E-state index in [1.54, 1.807) is 0 Å². The molecule has 0 aromatic heterocycles. The van der Waals surface area contributed by atoms with Crippen LogP contribution in [0, 0.1) is 5.92 Å². The highest BCUT2D eigenvalue weighted by Crippen LogP contribution is 2.28. The Morgan fingerprint density at radius 3 is 2.48 bits per heavy atom. The molecule has 23 heavy (non-hydrogen) atoms. The van der Waals surface area contributed by atoms with Crippen LogP contribution >= 0.6 is 0 Å². The smallest absolute Gasteiger partial charge is 0.407 e. The average molecular weight is 327 g/mol. The summed E-state index contributed by atoms with van der Waals surface area (Å²) in [4.78, 5) is 12.1. The predicted molar refractivity (Wildman–Crippen MR) is 91.4 cm³/mol. The first-order valence-electron chi connectivity index (χ1n) is 8.65.